The Labute approximate surface area is 122 Å². The van der Waals surface area contributed by atoms with Crippen LogP contribution in [-0.4, -0.2) is 28.8 Å². The molecule has 0 aliphatic carbocycles. The smallest absolute Gasteiger partial charge is 0.255 e. The van der Waals surface area contributed by atoms with Crippen molar-refractivity contribution in [3.63, 3.8) is 0 Å². The van der Waals surface area contributed by atoms with Crippen LogP contribution in [0.1, 0.15) is 21.7 Å². The van der Waals surface area contributed by atoms with Crippen LogP contribution in [0.5, 0.6) is 5.75 Å². The fourth-order valence-electron chi connectivity index (χ4n) is 2.08. The number of nitrogens with one attached hydrogen (secondary N) is 1. The third-order valence-corrected chi connectivity index (χ3v) is 3.19. The third-order valence-electron chi connectivity index (χ3n) is 3.19. The summed E-state index contributed by atoms with van der Waals surface area (Å²) in [6, 6.07) is 5.89. The van der Waals surface area contributed by atoms with Crippen molar-refractivity contribution < 1.29 is 13.9 Å². The van der Waals surface area contributed by atoms with E-state index in [0.717, 1.165) is 5.69 Å². The van der Waals surface area contributed by atoms with E-state index in [1.807, 2.05) is 6.92 Å². The first-order valence-corrected chi connectivity index (χ1v) is 6.66. The molecule has 0 unspecified atom stereocenters. The zero-order chi connectivity index (χ0) is 15.4. The fraction of sp³-hybridized carbons (Fsp3) is 0.333. The number of amides is 1. The number of carbonyl (C=O) groups excluding carboxylic acids is 1. The van der Waals surface area contributed by atoms with Gasteiger partial charge in [0.05, 0.1) is 17.8 Å². The van der Waals surface area contributed by atoms with Gasteiger partial charge in [-0.15, -0.1) is 0 Å². The van der Waals surface area contributed by atoms with Crippen molar-refractivity contribution in [1.29, 1.82) is 0 Å². The molecule has 1 aromatic carbocycles. The number of aromatic nitrogens is 2. The van der Waals surface area contributed by atoms with E-state index in [-0.39, 0.29) is 18.3 Å². The van der Waals surface area contributed by atoms with Crippen LogP contribution >= 0.6 is 0 Å². The maximum absolute atomic E-state index is 13.0. The van der Waals surface area contributed by atoms with Crippen LogP contribution in [0.15, 0.2) is 24.3 Å². The van der Waals surface area contributed by atoms with Crippen molar-refractivity contribution in [2.24, 2.45) is 7.05 Å². The van der Waals surface area contributed by atoms with Gasteiger partial charge >= 0.3 is 0 Å². The standard InChI is InChI=1S/C15H18FN3O2/c1-10-14(11(2)19(3)18-10)15(20)17-7-8-21-13-6-4-5-12(16)9-13/h4-6,9H,7-8H2,1-3H3,(H,17,20). The van der Waals surface area contributed by atoms with Gasteiger partial charge in [-0.25, -0.2) is 4.39 Å². The molecule has 0 bridgehead atoms. The summed E-state index contributed by atoms with van der Waals surface area (Å²) in [5.41, 5.74) is 2.10. The Morgan fingerprint density at radius 3 is 2.81 bits per heavy atom. The average Bonchev–Trinajstić information content (AvgIpc) is 2.68. The number of rotatable bonds is 5. The van der Waals surface area contributed by atoms with Crippen molar-refractivity contribution in [2.45, 2.75) is 13.8 Å². The molecule has 1 amide bonds. The lowest BCUT2D eigenvalue weighted by Crippen LogP contribution is -2.29. The molecule has 0 fully saturated rings. The Bertz CT molecular complexity index is 652. The number of hydrogen-bond acceptors (Lipinski definition) is 3. The van der Waals surface area contributed by atoms with Crippen molar-refractivity contribution in [3.05, 3.63) is 47.0 Å². The lowest BCUT2D eigenvalue weighted by atomic mass is 10.2. The highest BCUT2D eigenvalue weighted by Crippen LogP contribution is 2.12. The molecule has 0 aliphatic rings. The van der Waals surface area contributed by atoms with Gasteiger partial charge in [-0.3, -0.25) is 9.48 Å². The maximum Gasteiger partial charge on any atom is 0.255 e. The minimum Gasteiger partial charge on any atom is -0.492 e. The zero-order valence-electron chi connectivity index (χ0n) is 12.3. The molecule has 2 aromatic rings. The second-order valence-electron chi connectivity index (χ2n) is 4.73. The molecular formula is C15H18FN3O2. The Morgan fingerprint density at radius 2 is 2.19 bits per heavy atom. The molecule has 2 rings (SSSR count). The Kier molecular flexibility index (Phi) is 4.57. The summed E-state index contributed by atoms with van der Waals surface area (Å²) in [7, 11) is 1.80. The summed E-state index contributed by atoms with van der Waals surface area (Å²) in [6.07, 6.45) is 0. The molecule has 1 heterocycles. The molecule has 1 N–H and O–H groups in total. The van der Waals surface area contributed by atoms with Gasteiger partial charge in [0.2, 0.25) is 0 Å². The summed E-state index contributed by atoms with van der Waals surface area (Å²) in [5, 5.41) is 6.97. The second kappa shape index (κ2) is 6.39. The van der Waals surface area contributed by atoms with Crippen LogP contribution in [-0.2, 0) is 7.05 Å². The fourth-order valence-corrected chi connectivity index (χ4v) is 2.08. The summed E-state index contributed by atoms with van der Waals surface area (Å²) < 4.78 is 20.0. The average molecular weight is 291 g/mol. The van der Waals surface area contributed by atoms with Crippen molar-refractivity contribution in [1.82, 2.24) is 15.1 Å². The van der Waals surface area contributed by atoms with Gasteiger partial charge in [0.1, 0.15) is 18.2 Å². The van der Waals surface area contributed by atoms with Crippen LogP contribution in [0.4, 0.5) is 4.39 Å². The number of hydrogen-bond donors (Lipinski definition) is 1. The molecule has 0 saturated heterocycles. The van der Waals surface area contributed by atoms with Gasteiger partial charge in [0, 0.05) is 18.8 Å². The number of carbonyl (C=O) groups is 1. The largest absolute Gasteiger partial charge is 0.492 e. The number of halogens is 1. The van der Waals surface area contributed by atoms with Crippen molar-refractivity contribution >= 4 is 5.91 Å². The molecule has 0 saturated carbocycles. The van der Waals surface area contributed by atoms with Gasteiger partial charge in [-0.2, -0.15) is 5.10 Å². The van der Waals surface area contributed by atoms with Crippen LogP contribution in [0.2, 0.25) is 0 Å². The summed E-state index contributed by atoms with van der Waals surface area (Å²) >= 11 is 0. The van der Waals surface area contributed by atoms with E-state index in [9.17, 15) is 9.18 Å². The highest BCUT2D eigenvalue weighted by atomic mass is 19.1. The SMILES string of the molecule is Cc1nn(C)c(C)c1C(=O)NCCOc1cccc(F)c1. The van der Waals surface area contributed by atoms with Gasteiger partial charge in [0.25, 0.3) is 5.91 Å². The summed E-state index contributed by atoms with van der Waals surface area (Å²) in [4.78, 5) is 12.1. The van der Waals surface area contributed by atoms with Crippen LogP contribution < -0.4 is 10.1 Å². The number of ether oxygens (including phenoxy) is 1. The molecule has 0 atom stereocenters. The first kappa shape index (κ1) is 15.0. The monoisotopic (exact) mass is 291 g/mol. The molecule has 0 spiro atoms. The van der Waals surface area contributed by atoms with Crippen LogP contribution in [0.25, 0.3) is 0 Å². The molecule has 21 heavy (non-hydrogen) atoms. The number of aryl methyl sites for hydroxylation is 2. The highest BCUT2D eigenvalue weighted by Gasteiger charge is 2.16. The maximum atomic E-state index is 13.0. The van der Waals surface area contributed by atoms with Crippen molar-refractivity contribution in [3.8, 4) is 5.75 Å². The van der Waals surface area contributed by atoms with E-state index < -0.39 is 0 Å². The Morgan fingerprint density at radius 1 is 1.43 bits per heavy atom. The van der Waals surface area contributed by atoms with E-state index in [4.69, 9.17) is 4.74 Å². The summed E-state index contributed by atoms with van der Waals surface area (Å²) in [5.74, 6) is -0.0860. The number of nitrogens with zero attached hydrogens (tertiary/aromatic N) is 2. The lowest BCUT2D eigenvalue weighted by molar-refractivity contribution is 0.0945. The van der Waals surface area contributed by atoms with E-state index in [0.29, 0.717) is 23.6 Å². The van der Waals surface area contributed by atoms with Crippen LogP contribution in [0.3, 0.4) is 0 Å². The topological polar surface area (TPSA) is 56.2 Å². The van der Waals surface area contributed by atoms with Crippen LogP contribution in [0, 0.1) is 19.7 Å². The normalized spacial score (nSPS) is 10.5. The predicted molar refractivity (Wildman–Crippen MR) is 76.9 cm³/mol. The lowest BCUT2D eigenvalue weighted by Gasteiger charge is -2.08. The van der Waals surface area contributed by atoms with E-state index >= 15 is 0 Å². The second-order valence-corrected chi connectivity index (χ2v) is 4.73. The first-order valence-electron chi connectivity index (χ1n) is 6.66. The summed E-state index contributed by atoms with van der Waals surface area (Å²) in [6.45, 7) is 4.25. The molecule has 6 heteroatoms. The molecule has 112 valence electrons. The minimum atomic E-state index is -0.349. The Hall–Kier alpha value is -2.37. The van der Waals surface area contributed by atoms with Gasteiger partial charge < -0.3 is 10.1 Å². The molecule has 1 aromatic heterocycles. The van der Waals surface area contributed by atoms with Gasteiger partial charge in [-0.05, 0) is 26.0 Å². The van der Waals surface area contributed by atoms with E-state index in [2.05, 4.69) is 10.4 Å². The Balaban J connectivity index is 1.85. The predicted octanol–water partition coefficient (Wildman–Crippen LogP) is 1.98. The third kappa shape index (κ3) is 3.59. The molecule has 0 aliphatic heterocycles. The molecular weight excluding hydrogens is 273 g/mol. The van der Waals surface area contributed by atoms with Gasteiger partial charge in [-0.1, -0.05) is 6.07 Å². The highest BCUT2D eigenvalue weighted by molar-refractivity contribution is 5.96. The zero-order valence-corrected chi connectivity index (χ0v) is 12.3. The minimum absolute atomic E-state index is 0.180. The number of benzene rings is 1. The van der Waals surface area contributed by atoms with Crippen molar-refractivity contribution in [2.75, 3.05) is 13.2 Å². The first-order chi connectivity index (χ1) is 9.99. The molecule has 5 nitrogen and oxygen atoms in total. The van der Waals surface area contributed by atoms with E-state index in [1.165, 1.54) is 12.1 Å². The van der Waals surface area contributed by atoms with Gasteiger partial charge in [0.15, 0.2) is 0 Å². The molecule has 0 radical (unpaired) electrons. The quantitative estimate of drug-likeness (QED) is 0.857. The van der Waals surface area contributed by atoms with E-state index in [1.54, 1.807) is 30.8 Å².